The first kappa shape index (κ1) is 10.5. The van der Waals surface area contributed by atoms with Gasteiger partial charge in [0.15, 0.2) is 0 Å². The third kappa shape index (κ3) is 2.31. The van der Waals surface area contributed by atoms with E-state index < -0.39 is 0 Å². The molecule has 4 heteroatoms. The fourth-order valence-electron chi connectivity index (χ4n) is 2.22. The molecule has 0 radical (unpaired) electrons. The van der Waals surface area contributed by atoms with E-state index in [2.05, 4.69) is 35.4 Å². The summed E-state index contributed by atoms with van der Waals surface area (Å²) >= 11 is 0. The highest BCUT2D eigenvalue weighted by molar-refractivity contribution is 5.49. The Hall–Kier alpha value is -1.03. The molecular weight excluding hydrogens is 188 g/mol. The van der Waals surface area contributed by atoms with Gasteiger partial charge in [-0.15, -0.1) is 0 Å². The van der Waals surface area contributed by atoms with Crippen LogP contribution in [0.25, 0.3) is 0 Å². The molecule has 1 N–H and O–H groups in total. The van der Waals surface area contributed by atoms with Crippen molar-refractivity contribution in [3.63, 3.8) is 0 Å². The molecule has 0 bridgehead atoms. The molecule has 2 rings (SSSR count). The number of nitrogens with one attached hydrogen (secondary N) is 1. The molecule has 0 aromatic carbocycles. The van der Waals surface area contributed by atoms with Crippen LogP contribution in [0.2, 0.25) is 0 Å². The predicted octanol–water partition coefficient (Wildman–Crippen LogP) is 0.917. The van der Waals surface area contributed by atoms with E-state index in [0.29, 0.717) is 6.04 Å². The highest BCUT2D eigenvalue weighted by atomic mass is 15.3. The van der Waals surface area contributed by atoms with Gasteiger partial charge < -0.3 is 10.2 Å². The van der Waals surface area contributed by atoms with E-state index in [9.17, 15) is 0 Å². The minimum atomic E-state index is 0.562. The van der Waals surface area contributed by atoms with Gasteiger partial charge in [-0.2, -0.15) is 5.10 Å². The van der Waals surface area contributed by atoms with Crippen LogP contribution in [0.3, 0.4) is 0 Å². The van der Waals surface area contributed by atoms with Crippen molar-refractivity contribution >= 4 is 5.69 Å². The molecule has 0 saturated carbocycles. The Morgan fingerprint density at radius 1 is 1.53 bits per heavy atom. The molecule has 84 valence electrons. The van der Waals surface area contributed by atoms with Gasteiger partial charge in [-0.3, -0.25) is 4.68 Å². The van der Waals surface area contributed by atoms with Crippen LogP contribution in [-0.2, 0) is 7.05 Å². The number of nitrogens with zero attached hydrogens (tertiary/aromatic N) is 3. The van der Waals surface area contributed by atoms with E-state index in [1.807, 2.05) is 11.7 Å². The van der Waals surface area contributed by atoms with Crippen LogP contribution in [0.1, 0.15) is 19.0 Å². The van der Waals surface area contributed by atoms with Gasteiger partial charge in [0.25, 0.3) is 0 Å². The average Bonchev–Trinajstić information content (AvgIpc) is 2.38. The number of rotatable bonds is 1. The predicted molar refractivity (Wildman–Crippen MR) is 62.2 cm³/mol. The van der Waals surface area contributed by atoms with Crippen molar-refractivity contribution in [1.82, 2.24) is 15.1 Å². The van der Waals surface area contributed by atoms with E-state index in [1.54, 1.807) is 0 Å². The molecule has 0 aliphatic carbocycles. The van der Waals surface area contributed by atoms with Gasteiger partial charge in [0.05, 0.1) is 11.4 Å². The SMILES string of the molecule is Cc1nn(C)cc1N1CCCNC(C)C1. The first-order valence-corrected chi connectivity index (χ1v) is 5.65. The van der Waals surface area contributed by atoms with Crippen LogP contribution < -0.4 is 10.2 Å². The maximum absolute atomic E-state index is 4.40. The van der Waals surface area contributed by atoms with Crippen LogP contribution >= 0.6 is 0 Å². The second-order valence-corrected chi connectivity index (χ2v) is 4.43. The fourth-order valence-corrected chi connectivity index (χ4v) is 2.22. The van der Waals surface area contributed by atoms with Gasteiger partial charge in [-0.25, -0.2) is 0 Å². The first-order valence-electron chi connectivity index (χ1n) is 5.65. The lowest BCUT2D eigenvalue weighted by Crippen LogP contribution is -2.35. The molecule has 4 nitrogen and oxygen atoms in total. The lowest BCUT2D eigenvalue weighted by molar-refractivity contribution is 0.584. The van der Waals surface area contributed by atoms with Crippen molar-refractivity contribution in [3.05, 3.63) is 11.9 Å². The number of hydrogen-bond acceptors (Lipinski definition) is 3. The Balaban J connectivity index is 2.17. The summed E-state index contributed by atoms with van der Waals surface area (Å²) in [7, 11) is 1.98. The van der Waals surface area contributed by atoms with Crippen molar-refractivity contribution in [1.29, 1.82) is 0 Å². The largest absolute Gasteiger partial charge is 0.367 e. The van der Waals surface area contributed by atoms with Crippen molar-refractivity contribution in [2.45, 2.75) is 26.3 Å². The second kappa shape index (κ2) is 4.23. The van der Waals surface area contributed by atoms with E-state index in [0.717, 1.165) is 25.3 Å². The fraction of sp³-hybridized carbons (Fsp3) is 0.727. The lowest BCUT2D eigenvalue weighted by atomic mass is 10.3. The molecule has 0 spiro atoms. The Bertz CT molecular complexity index is 331. The molecule has 1 saturated heterocycles. The summed E-state index contributed by atoms with van der Waals surface area (Å²) in [5.74, 6) is 0. The summed E-state index contributed by atoms with van der Waals surface area (Å²) in [4.78, 5) is 2.44. The summed E-state index contributed by atoms with van der Waals surface area (Å²) in [6, 6.07) is 0.562. The molecule has 1 aromatic rings. The quantitative estimate of drug-likeness (QED) is 0.745. The minimum Gasteiger partial charge on any atom is -0.367 e. The zero-order valence-electron chi connectivity index (χ0n) is 9.82. The Morgan fingerprint density at radius 3 is 3.00 bits per heavy atom. The van der Waals surface area contributed by atoms with Crippen LogP contribution in [0.5, 0.6) is 0 Å². The van der Waals surface area contributed by atoms with Crippen LogP contribution in [-0.4, -0.2) is 35.5 Å². The summed E-state index contributed by atoms with van der Waals surface area (Å²) in [6.07, 6.45) is 3.33. The first-order chi connectivity index (χ1) is 7.16. The van der Waals surface area contributed by atoms with Crippen molar-refractivity contribution in [2.75, 3.05) is 24.5 Å². The zero-order chi connectivity index (χ0) is 10.8. The molecule has 2 heterocycles. The van der Waals surface area contributed by atoms with Gasteiger partial charge in [-0.05, 0) is 26.8 Å². The van der Waals surface area contributed by atoms with Gasteiger partial charge in [0.2, 0.25) is 0 Å². The zero-order valence-corrected chi connectivity index (χ0v) is 9.82. The van der Waals surface area contributed by atoms with E-state index in [-0.39, 0.29) is 0 Å². The van der Waals surface area contributed by atoms with Crippen molar-refractivity contribution < 1.29 is 0 Å². The Morgan fingerprint density at radius 2 is 2.33 bits per heavy atom. The highest BCUT2D eigenvalue weighted by Crippen LogP contribution is 2.19. The van der Waals surface area contributed by atoms with Gasteiger partial charge in [0, 0.05) is 32.4 Å². The molecule has 1 unspecified atom stereocenters. The molecule has 1 aliphatic heterocycles. The molecule has 1 atom stereocenters. The Labute approximate surface area is 91.3 Å². The molecule has 1 aromatic heterocycles. The maximum Gasteiger partial charge on any atom is 0.0827 e. The van der Waals surface area contributed by atoms with Crippen molar-refractivity contribution in [3.8, 4) is 0 Å². The topological polar surface area (TPSA) is 33.1 Å². The number of aromatic nitrogens is 2. The monoisotopic (exact) mass is 208 g/mol. The van der Waals surface area contributed by atoms with Crippen molar-refractivity contribution in [2.24, 2.45) is 7.05 Å². The smallest absolute Gasteiger partial charge is 0.0827 e. The molecular formula is C11H20N4. The maximum atomic E-state index is 4.40. The Kier molecular flexibility index (Phi) is 2.95. The summed E-state index contributed by atoms with van der Waals surface area (Å²) < 4.78 is 1.90. The van der Waals surface area contributed by atoms with E-state index in [1.165, 1.54) is 12.1 Å². The number of hydrogen-bond donors (Lipinski definition) is 1. The second-order valence-electron chi connectivity index (χ2n) is 4.43. The summed E-state index contributed by atoms with van der Waals surface area (Å²) in [5.41, 5.74) is 2.42. The third-order valence-electron chi connectivity index (χ3n) is 2.92. The van der Waals surface area contributed by atoms with Gasteiger partial charge in [-0.1, -0.05) is 0 Å². The van der Waals surface area contributed by atoms with E-state index >= 15 is 0 Å². The number of aryl methyl sites for hydroxylation is 2. The summed E-state index contributed by atoms with van der Waals surface area (Å²) in [6.45, 7) is 7.65. The minimum absolute atomic E-state index is 0.562. The van der Waals surface area contributed by atoms with Gasteiger partial charge >= 0.3 is 0 Å². The normalized spacial score (nSPS) is 22.9. The highest BCUT2D eigenvalue weighted by Gasteiger charge is 2.17. The summed E-state index contributed by atoms with van der Waals surface area (Å²) in [5, 5.41) is 7.90. The third-order valence-corrected chi connectivity index (χ3v) is 2.92. The molecule has 1 fully saturated rings. The number of anilines is 1. The molecule has 15 heavy (non-hydrogen) atoms. The lowest BCUT2D eigenvalue weighted by Gasteiger charge is -2.23. The van der Waals surface area contributed by atoms with Gasteiger partial charge in [0.1, 0.15) is 0 Å². The average molecular weight is 208 g/mol. The molecule has 1 aliphatic rings. The standard InChI is InChI=1S/C11H20N4/c1-9-7-15(6-4-5-12-9)11-8-14(3)13-10(11)2/h8-9,12H,4-7H2,1-3H3. The van der Waals surface area contributed by atoms with Crippen LogP contribution in [0, 0.1) is 6.92 Å². The molecule has 0 amide bonds. The van der Waals surface area contributed by atoms with E-state index in [4.69, 9.17) is 0 Å². The van der Waals surface area contributed by atoms with Crippen LogP contribution in [0.4, 0.5) is 5.69 Å². The van der Waals surface area contributed by atoms with Crippen LogP contribution in [0.15, 0.2) is 6.20 Å².